The summed E-state index contributed by atoms with van der Waals surface area (Å²) in [5, 5.41) is 18.5. The molecule has 1 unspecified atom stereocenters. The summed E-state index contributed by atoms with van der Waals surface area (Å²) in [5.41, 5.74) is 4.14. The number of hydrogen-bond acceptors (Lipinski definition) is 6. The number of fused-ring (bicyclic) bond motifs is 1. The number of rotatable bonds is 6. The van der Waals surface area contributed by atoms with Crippen LogP contribution in [0.15, 0.2) is 37.3 Å². The third kappa shape index (κ3) is 3.86. The largest absolute Gasteiger partial charge is 0.494 e. The van der Waals surface area contributed by atoms with E-state index in [1.807, 2.05) is 23.4 Å². The van der Waals surface area contributed by atoms with Crippen molar-refractivity contribution >= 4 is 11.4 Å². The van der Waals surface area contributed by atoms with Crippen molar-refractivity contribution in [2.24, 2.45) is 5.92 Å². The van der Waals surface area contributed by atoms with Crippen molar-refractivity contribution in [1.82, 2.24) is 29.2 Å². The zero-order valence-electron chi connectivity index (χ0n) is 21.4. The number of ether oxygens (including phenoxy) is 1. The molecule has 0 radical (unpaired) electrons. The number of amides is 1. The molecule has 5 heterocycles. The Morgan fingerprint density at radius 2 is 2.06 bits per heavy atom. The van der Waals surface area contributed by atoms with Crippen LogP contribution in [0, 0.1) is 24.2 Å². The highest BCUT2D eigenvalue weighted by Crippen LogP contribution is 2.38. The number of likely N-dealkylation sites (tertiary alicyclic amines) is 2. The van der Waals surface area contributed by atoms with Crippen molar-refractivity contribution < 1.29 is 9.53 Å². The van der Waals surface area contributed by atoms with E-state index in [-0.39, 0.29) is 11.4 Å². The second-order valence-electron chi connectivity index (χ2n) is 10.4. The van der Waals surface area contributed by atoms with Crippen LogP contribution in [-0.4, -0.2) is 73.9 Å². The maximum absolute atomic E-state index is 12.1. The zero-order valence-corrected chi connectivity index (χ0v) is 21.4. The number of hydrogen-bond donors (Lipinski definition) is 0. The second-order valence-corrected chi connectivity index (χ2v) is 10.4. The predicted octanol–water partition coefficient (Wildman–Crippen LogP) is 3.45. The van der Waals surface area contributed by atoms with Gasteiger partial charge in [0.15, 0.2) is 0 Å². The minimum atomic E-state index is -0.125. The molecule has 0 aliphatic carbocycles. The molecule has 0 N–H and O–H groups in total. The maximum Gasteiger partial charge on any atom is 0.246 e. The summed E-state index contributed by atoms with van der Waals surface area (Å²) in [7, 11) is 1.61. The molecular weight excluding hydrogens is 454 g/mol. The Hall–Kier alpha value is -3.64. The van der Waals surface area contributed by atoms with E-state index in [1.54, 1.807) is 17.8 Å². The van der Waals surface area contributed by atoms with E-state index in [0.29, 0.717) is 28.8 Å². The van der Waals surface area contributed by atoms with Crippen LogP contribution >= 0.6 is 0 Å². The van der Waals surface area contributed by atoms with E-state index in [2.05, 4.69) is 48.1 Å². The standard InChI is InChI=1S/C27H33N7O2/c1-6-25(35)32-17-21(27(32,3)4)16-31-9-7-22(8-10-31)34-18(2)23(14-30-34)19-11-24(36-5)26-20(12-28)13-29-33(26)15-19/h6,11,13-15,21-22H,1,7-10,16-17H2,2-5H3. The normalized spacial score (nSPS) is 20.2. The van der Waals surface area contributed by atoms with Crippen LogP contribution in [0.1, 0.15) is 44.0 Å². The number of pyridine rings is 1. The van der Waals surface area contributed by atoms with Crippen LogP contribution in [0.5, 0.6) is 5.75 Å². The molecule has 3 aromatic rings. The van der Waals surface area contributed by atoms with Crippen LogP contribution in [0.3, 0.4) is 0 Å². The van der Waals surface area contributed by atoms with Gasteiger partial charge in [-0.15, -0.1) is 0 Å². The fourth-order valence-corrected chi connectivity index (χ4v) is 5.75. The minimum absolute atomic E-state index is 0.0229. The van der Waals surface area contributed by atoms with Gasteiger partial charge >= 0.3 is 0 Å². The minimum Gasteiger partial charge on any atom is -0.494 e. The average Bonchev–Trinajstić information content (AvgIpc) is 3.48. The first-order valence-electron chi connectivity index (χ1n) is 12.4. The van der Waals surface area contributed by atoms with Gasteiger partial charge < -0.3 is 14.5 Å². The van der Waals surface area contributed by atoms with Gasteiger partial charge in [0.05, 0.1) is 25.5 Å². The lowest BCUT2D eigenvalue weighted by Crippen LogP contribution is -2.68. The molecule has 0 spiro atoms. The Balaban J connectivity index is 1.27. The molecule has 2 saturated heterocycles. The third-order valence-corrected chi connectivity index (χ3v) is 8.19. The molecule has 5 rings (SSSR count). The molecular formula is C27H33N7O2. The highest BCUT2D eigenvalue weighted by molar-refractivity contribution is 5.88. The molecule has 0 aromatic carbocycles. The smallest absolute Gasteiger partial charge is 0.246 e. The van der Waals surface area contributed by atoms with Gasteiger partial charge in [0.2, 0.25) is 5.91 Å². The topological polar surface area (TPSA) is 91.7 Å². The van der Waals surface area contributed by atoms with Gasteiger partial charge in [-0.3, -0.25) is 9.48 Å². The lowest BCUT2D eigenvalue weighted by atomic mass is 9.76. The van der Waals surface area contributed by atoms with Crippen molar-refractivity contribution in [2.45, 2.75) is 45.2 Å². The first-order valence-corrected chi connectivity index (χ1v) is 12.4. The molecule has 1 atom stereocenters. The van der Waals surface area contributed by atoms with Crippen LogP contribution in [0.25, 0.3) is 16.6 Å². The molecule has 36 heavy (non-hydrogen) atoms. The summed E-state index contributed by atoms with van der Waals surface area (Å²) in [6.45, 7) is 13.9. The average molecular weight is 488 g/mol. The van der Waals surface area contributed by atoms with E-state index < -0.39 is 0 Å². The van der Waals surface area contributed by atoms with Crippen molar-refractivity contribution in [2.75, 3.05) is 33.3 Å². The van der Waals surface area contributed by atoms with Crippen LogP contribution in [0.2, 0.25) is 0 Å². The Morgan fingerprint density at radius 1 is 1.31 bits per heavy atom. The quantitative estimate of drug-likeness (QED) is 0.495. The molecule has 0 bridgehead atoms. The Kier molecular flexibility index (Phi) is 6.08. The fourth-order valence-electron chi connectivity index (χ4n) is 5.75. The van der Waals surface area contributed by atoms with Gasteiger partial charge in [-0.05, 0) is 45.8 Å². The lowest BCUT2D eigenvalue weighted by Gasteiger charge is -2.56. The first-order chi connectivity index (χ1) is 17.3. The van der Waals surface area contributed by atoms with E-state index in [9.17, 15) is 10.1 Å². The van der Waals surface area contributed by atoms with E-state index in [0.717, 1.165) is 55.8 Å². The molecule has 1 amide bonds. The number of aromatic nitrogens is 4. The number of piperidine rings is 1. The van der Waals surface area contributed by atoms with Crippen molar-refractivity contribution in [3.8, 4) is 22.9 Å². The van der Waals surface area contributed by atoms with Gasteiger partial charge in [-0.25, -0.2) is 4.52 Å². The summed E-state index contributed by atoms with van der Waals surface area (Å²) >= 11 is 0. The molecule has 2 aliphatic rings. The SMILES string of the molecule is C=CC(=O)N1CC(CN2CCC(n3ncc(-c4cc(OC)c5c(C#N)cnn5c4)c3C)CC2)C1(C)C. The second kappa shape index (κ2) is 9.10. The van der Waals surface area contributed by atoms with Gasteiger partial charge in [-0.1, -0.05) is 6.58 Å². The monoisotopic (exact) mass is 487 g/mol. The predicted molar refractivity (Wildman–Crippen MR) is 137 cm³/mol. The molecule has 2 fully saturated rings. The first kappa shape index (κ1) is 24.1. The number of carbonyl (C=O) groups excluding carboxylic acids is 1. The highest BCUT2D eigenvalue weighted by atomic mass is 16.5. The molecule has 0 saturated carbocycles. The summed E-state index contributed by atoms with van der Waals surface area (Å²) in [4.78, 5) is 16.5. The number of methoxy groups -OCH3 is 1. The Labute approximate surface area is 211 Å². The summed E-state index contributed by atoms with van der Waals surface area (Å²) in [6.07, 6.45) is 8.90. The zero-order chi connectivity index (χ0) is 25.6. The molecule has 9 heteroatoms. The maximum atomic E-state index is 12.1. The Morgan fingerprint density at radius 3 is 2.69 bits per heavy atom. The van der Waals surface area contributed by atoms with Crippen LogP contribution in [-0.2, 0) is 4.79 Å². The molecule has 188 valence electrons. The Bertz CT molecular complexity index is 1350. The van der Waals surface area contributed by atoms with Gasteiger partial charge in [0, 0.05) is 60.7 Å². The van der Waals surface area contributed by atoms with Crippen LogP contribution in [0.4, 0.5) is 0 Å². The number of carbonyl (C=O) groups is 1. The van der Waals surface area contributed by atoms with Gasteiger partial charge in [0.25, 0.3) is 0 Å². The van der Waals surface area contributed by atoms with Crippen LogP contribution < -0.4 is 4.74 Å². The lowest BCUT2D eigenvalue weighted by molar-refractivity contribution is -0.149. The van der Waals surface area contributed by atoms with E-state index in [4.69, 9.17) is 9.84 Å². The molecule has 9 nitrogen and oxygen atoms in total. The summed E-state index contributed by atoms with van der Waals surface area (Å²) in [6, 6.07) is 4.48. The molecule has 2 aliphatic heterocycles. The third-order valence-electron chi connectivity index (χ3n) is 8.19. The van der Waals surface area contributed by atoms with E-state index in [1.165, 1.54) is 6.08 Å². The van der Waals surface area contributed by atoms with Crippen molar-refractivity contribution in [3.63, 3.8) is 0 Å². The molecule has 3 aromatic heterocycles. The van der Waals surface area contributed by atoms with E-state index >= 15 is 0 Å². The van der Waals surface area contributed by atoms with Gasteiger partial charge in [0.1, 0.15) is 22.9 Å². The van der Waals surface area contributed by atoms with Crippen molar-refractivity contribution in [3.05, 3.63) is 48.6 Å². The fraction of sp³-hybridized carbons (Fsp3) is 0.481. The van der Waals surface area contributed by atoms with Crippen molar-refractivity contribution in [1.29, 1.82) is 5.26 Å². The number of nitriles is 1. The van der Waals surface area contributed by atoms with Gasteiger partial charge in [-0.2, -0.15) is 15.5 Å². The number of nitrogens with zero attached hydrogens (tertiary/aromatic N) is 7. The highest BCUT2D eigenvalue weighted by Gasteiger charge is 2.48. The summed E-state index contributed by atoms with van der Waals surface area (Å²) in [5.74, 6) is 1.12. The summed E-state index contributed by atoms with van der Waals surface area (Å²) < 4.78 is 9.44.